The average molecular weight is 783 g/mol. The van der Waals surface area contributed by atoms with Crippen molar-refractivity contribution in [1.82, 2.24) is 20.3 Å². The third-order valence-corrected chi connectivity index (χ3v) is 12.7. The molecule has 0 spiro atoms. The number of amides is 4. The van der Waals surface area contributed by atoms with Crippen LogP contribution in [-0.2, 0) is 41.0 Å². The minimum Gasteiger partial charge on any atom is -0.444 e. The highest BCUT2D eigenvalue weighted by Gasteiger charge is 2.62. The molecule has 2 saturated carbocycles. The van der Waals surface area contributed by atoms with Gasteiger partial charge in [-0.2, -0.15) is 0 Å². The average Bonchev–Trinajstić information content (AvgIpc) is 4.07. The molecule has 4 amide bonds. The summed E-state index contributed by atoms with van der Waals surface area (Å²) >= 11 is 0. The van der Waals surface area contributed by atoms with Gasteiger partial charge in [0, 0.05) is 24.8 Å². The van der Waals surface area contributed by atoms with Crippen molar-refractivity contribution in [2.45, 2.75) is 113 Å². The second kappa shape index (κ2) is 15.5. The molecule has 3 N–H and O–H groups in total. The normalized spacial score (nSPS) is 22.8. The van der Waals surface area contributed by atoms with Gasteiger partial charge < -0.3 is 20.3 Å². The molecule has 1 saturated heterocycles. The first-order valence-electron chi connectivity index (χ1n) is 19.3. The van der Waals surface area contributed by atoms with Gasteiger partial charge in [0.05, 0.1) is 5.25 Å². The molecule has 56 heavy (non-hydrogen) atoms. The molecular formula is C44H54N4O7S. The number of likely N-dealkylation sites (tertiary alicyclic amines) is 1. The van der Waals surface area contributed by atoms with Crippen LogP contribution in [0.15, 0.2) is 91.5 Å². The summed E-state index contributed by atoms with van der Waals surface area (Å²) in [5.74, 6) is -2.64. The number of nitrogens with one attached hydrogen (secondary N) is 3. The summed E-state index contributed by atoms with van der Waals surface area (Å²) in [7, 11) is -3.89. The SMILES string of the molecule is C=C[C@@H]1C[C@]1(NC(=O)[C@@H]1C[C@@H](c2ccc(-c3ccccc3)cc2)CN1C(=O)[C@H](Cc1ccc(C(C)(C)C)cc1)NC(=O)OC(C)(C)C)C(=O)NS(=O)(=O)C1CC1. The van der Waals surface area contributed by atoms with Gasteiger partial charge in [-0.15, -0.1) is 6.58 Å². The lowest BCUT2D eigenvalue weighted by atomic mass is 9.86. The van der Waals surface area contributed by atoms with E-state index in [9.17, 15) is 27.6 Å². The number of carbonyl (C=O) groups excluding carboxylic acids is 4. The van der Waals surface area contributed by atoms with Gasteiger partial charge in [0.1, 0.15) is 23.2 Å². The number of alkyl carbamates (subject to hydrolysis) is 1. The number of nitrogens with zero attached hydrogens (tertiary/aromatic N) is 1. The molecule has 3 aromatic rings. The van der Waals surface area contributed by atoms with E-state index in [1.165, 1.54) is 11.0 Å². The largest absolute Gasteiger partial charge is 0.444 e. The van der Waals surface area contributed by atoms with Crippen molar-refractivity contribution in [2.24, 2.45) is 5.92 Å². The number of hydrogen-bond donors (Lipinski definition) is 3. The Labute approximate surface area is 330 Å². The standard InChI is InChI=1S/C44H54N4O7S/c1-8-33-26-44(33,40(51)47-56(53,54)35-22-23-35)46-38(49)37-25-32(31-18-16-30(17-19-31)29-12-10-9-11-13-29)27-48(37)39(50)36(45-41(52)55-43(5,6)7)24-28-14-20-34(21-15-28)42(2,3)4/h8-21,32-33,35-37H,1,22-27H2,2-7H3,(H,45,52)(H,46,49)(H,47,51)/t32-,33-,36+,37+,44-/m1/s1. The Morgan fingerprint density at radius 3 is 2.09 bits per heavy atom. The van der Waals surface area contributed by atoms with Crippen molar-refractivity contribution in [3.63, 3.8) is 0 Å². The summed E-state index contributed by atoms with van der Waals surface area (Å²) in [5.41, 5.74) is 2.48. The van der Waals surface area contributed by atoms with Crippen LogP contribution in [0.5, 0.6) is 0 Å². The molecule has 3 aromatic carbocycles. The van der Waals surface area contributed by atoms with Gasteiger partial charge in [0.15, 0.2) is 0 Å². The fourth-order valence-corrected chi connectivity index (χ4v) is 8.76. The van der Waals surface area contributed by atoms with Crippen LogP contribution in [0.4, 0.5) is 4.79 Å². The van der Waals surface area contributed by atoms with Crippen LogP contribution in [0.1, 0.15) is 89.8 Å². The van der Waals surface area contributed by atoms with E-state index in [2.05, 4.69) is 42.7 Å². The fraction of sp³-hybridized carbons (Fsp3) is 0.455. The highest BCUT2D eigenvalue weighted by molar-refractivity contribution is 7.91. The van der Waals surface area contributed by atoms with E-state index in [0.29, 0.717) is 12.8 Å². The molecule has 1 heterocycles. The van der Waals surface area contributed by atoms with Gasteiger partial charge in [-0.25, -0.2) is 13.2 Å². The zero-order chi connectivity index (χ0) is 40.6. The van der Waals surface area contributed by atoms with Crippen LogP contribution >= 0.6 is 0 Å². The summed E-state index contributed by atoms with van der Waals surface area (Å²) in [6, 6.07) is 23.7. The zero-order valence-corrected chi connectivity index (χ0v) is 33.9. The summed E-state index contributed by atoms with van der Waals surface area (Å²) in [5, 5.41) is 5.03. The molecule has 3 fully saturated rings. The predicted octanol–water partition coefficient (Wildman–Crippen LogP) is 6.14. The summed E-state index contributed by atoms with van der Waals surface area (Å²) < 4.78 is 33.3. The van der Waals surface area contributed by atoms with Gasteiger partial charge >= 0.3 is 6.09 Å². The Kier molecular flexibility index (Phi) is 11.3. The van der Waals surface area contributed by atoms with Crippen LogP contribution in [0.2, 0.25) is 0 Å². The zero-order valence-electron chi connectivity index (χ0n) is 33.1. The maximum atomic E-state index is 14.8. The van der Waals surface area contributed by atoms with Crippen LogP contribution in [-0.4, -0.2) is 72.2 Å². The van der Waals surface area contributed by atoms with Gasteiger partial charge in [-0.1, -0.05) is 106 Å². The van der Waals surface area contributed by atoms with E-state index in [1.807, 2.05) is 78.9 Å². The molecule has 0 aromatic heterocycles. The highest BCUT2D eigenvalue weighted by Crippen LogP contribution is 2.46. The summed E-state index contributed by atoms with van der Waals surface area (Å²) in [4.78, 5) is 57.6. The molecule has 0 bridgehead atoms. The first kappa shape index (κ1) is 40.7. The monoisotopic (exact) mass is 782 g/mol. The van der Waals surface area contributed by atoms with E-state index >= 15 is 0 Å². The lowest BCUT2D eigenvalue weighted by Crippen LogP contribution is -2.58. The van der Waals surface area contributed by atoms with E-state index in [-0.39, 0.29) is 37.1 Å². The lowest BCUT2D eigenvalue weighted by Gasteiger charge is -2.31. The minimum atomic E-state index is -3.89. The van der Waals surface area contributed by atoms with Crippen molar-refractivity contribution in [3.8, 4) is 11.1 Å². The van der Waals surface area contributed by atoms with E-state index in [1.54, 1.807) is 20.8 Å². The van der Waals surface area contributed by atoms with Crippen molar-refractivity contribution in [2.75, 3.05) is 6.54 Å². The van der Waals surface area contributed by atoms with E-state index in [4.69, 9.17) is 4.74 Å². The molecule has 6 rings (SSSR count). The van der Waals surface area contributed by atoms with Gasteiger partial charge in [0.2, 0.25) is 21.8 Å². The molecule has 3 aliphatic rings. The van der Waals surface area contributed by atoms with Crippen LogP contribution in [0.25, 0.3) is 11.1 Å². The number of carbonyl (C=O) groups is 4. The van der Waals surface area contributed by atoms with E-state index in [0.717, 1.165) is 27.8 Å². The predicted molar refractivity (Wildman–Crippen MR) is 216 cm³/mol. The van der Waals surface area contributed by atoms with Crippen LogP contribution in [0, 0.1) is 5.92 Å². The Morgan fingerprint density at radius 2 is 1.54 bits per heavy atom. The second-order valence-electron chi connectivity index (χ2n) is 17.5. The number of rotatable bonds is 12. The number of sulfonamides is 1. The Hall–Kier alpha value is -4.97. The first-order valence-corrected chi connectivity index (χ1v) is 20.9. The molecule has 11 nitrogen and oxygen atoms in total. The van der Waals surface area contributed by atoms with Gasteiger partial charge in [0.25, 0.3) is 5.91 Å². The van der Waals surface area contributed by atoms with E-state index < -0.39 is 68.2 Å². The van der Waals surface area contributed by atoms with Crippen molar-refractivity contribution in [1.29, 1.82) is 0 Å². The van der Waals surface area contributed by atoms with Crippen molar-refractivity contribution in [3.05, 3.63) is 108 Å². The maximum absolute atomic E-state index is 14.8. The smallest absolute Gasteiger partial charge is 0.408 e. The maximum Gasteiger partial charge on any atom is 0.408 e. The number of ether oxygens (including phenoxy) is 1. The summed E-state index contributed by atoms with van der Waals surface area (Å²) in [6.07, 6.45) is 2.25. The molecule has 0 unspecified atom stereocenters. The quantitative estimate of drug-likeness (QED) is 0.187. The Morgan fingerprint density at radius 1 is 0.911 bits per heavy atom. The first-order chi connectivity index (χ1) is 26.3. The Balaban J connectivity index is 1.31. The third-order valence-electron chi connectivity index (χ3n) is 10.9. The number of hydrogen-bond acceptors (Lipinski definition) is 7. The minimum absolute atomic E-state index is 0.0878. The lowest BCUT2D eigenvalue weighted by molar-refractivity contribution is -0.141. The molecule has 12 heteroatoms. The summed E-state index contributed by atoms with van der Waals surface area (Å²) in [6.45, 7) is 15.5. The highest BCUT2D eigenvalue weighted by atomic mass is 32.2. The van der Waals surface area contributed by atoms with Crippen LogP contribution in [0.3, 0.4) is 0 Å². The Bertz CT molecular complexity index is 2070. The third kappa shape index (κ3) is 9.34. The number of benzene rings is 3. The molecular weight excluding hydrogens is 729 g/mol. The molecule has 298 valence electrons. The molecule has 2 aliphatic carbocycles. The van der Waals surface area contributed by atoms with Gasteiger partial charge in [-0.05, 0) is 79.7 Å². The molecule has 5 atom stereocenters. The van der Waals surface area contributed by atoms with Crippen molar-refractivity contribution >= 4 is 33.8 Å². The molecule has 0 radical (unpaired) electrons. The van der Waals surface area contributed by atoms with Crippen molar-refractivity contribution < 1.29 is 32.3 Å². The second-order valence-corrected chi connectivity index (χ2v) is 19.4. The molecule has 1 aliphatic heterocycles. The van der Waals surface area contributed by atoms with Crippen LogP contribution < -0.4 is 15.4 Å². The topological polar surface area (TPSA) is 151 Å². The van der Waals surface area contributed by atoms with Gasteiger partial charge in [-0.3, -0.25) is 19.1 Å². The fourth-order valence-electron chi connectivity index (χ4n) is 7.39.